The molecule has 0 saturated carbocycles. The molecule has 2 aliphatic heterocycles. The Hall–Kier alpha value is -1.13. The van der Waals surface area contributed by atoms with Crippen molar-refractivity contribution in [1.82, 2.24) is 10.2 Å². The van der Waals surface area contributed by atoms with Crippen LogP contribution < -0.4 is 10.2 Å². The number of piperidine rings is 1. The normalized spacial score (nSPS) is 21.1. The summed E-state index contributed by atoms with van der Waals surface area (Å²) in [7, 11) is 0. The predicted octanol–water partition coefficient (Wildman–Crippen LogP) is 2.22. The van der Waals surface area contributed by atoms with E-state index in [9.17, 15) is 4.39 Å². The second-order valence-corrected chi connectivity index (χ2v) is 5.85. The molecule has 2 fully saturated rings. The average molecular weight is 277 g/mol. The van der Waals surface area contributed by atoms with Gasteiger partial charge < -0.3 is 10.2 Å². The van der Waals surface area contributed by atoms with E-state index in [4.69, 9.17) is 0 Å². The first-order chi connectivity index (χ1) is 9.83. The van der Waals surface area contributed by atoms with Crippen LogP contribution in [0.15, 0.2) is 18.2 Å². The average Bonchev–Trinajstić information content (AvgIpc) is 2.49. The lowest BCUT2D eigenvalue weighted by atomic mass is 10.1. The van der Waals surface area contributed by atoms with Crippen molar-refractivity contribution in [3.05, 3.63) is 29.6 Å². The van der Waals surface area contributed by atoms with Crippen LogP contribution in [-0.4, -0.2) is 44.2 Å². The SMILES string of the molecule is Fc1ccc(N2CCCCC2)c(CN2CCNCC2)c1. The first-order valence-corrected chi connectivity index (χ1v) is 7.79. The van der Waals surface area contributed by atoms with Crippen molar-refractivity contribution >= 4 is 5.69 Å². The monoisotopic (exact) mass is 277 g/mol. The topological polar surface area (TPSA) is 18.5 Å². The maximum absolute atomic E-state index is 13.6. The molecule has 1 N–H and O–H groups in total. The Labute approximate surface area is 120 Å². The fourth-order valence-corrected chi connectivity index (χ4v) is 3.23. The molecule has 0 radical (unpaired) electrons. The van der Waals surface area contributed by atoms with E-state index in [1.165, 1.54) is 24.9 Å². The molecule has 0 unspecified atom stereocenters. The lowest BCUT2D eigenvalue weighted by molar-refractivity contribution is 0.233. The second-order valence-electron chi connectivity index (χ2n) is 5.85. The summed E-state index contributed by atoms with van der Waals surface area (Å²) in [6, 6.07) is 5.30. The molecule has 0 spiro atoms. The van der Waals surface area contributed by atoms with Crippen molar-refractivity contribution in [3.8, 4) is 0 Å². The molecule has 0 atom stereocenters. The summed E-state index contributed by atoms with van der Waals surface area (Å²) < 4.78 is 13.6. The number of halogens is 1. The molecule has 0 bridgehead atoms. The van der Waals surface area contributed by atoms with Crippen LogP contribution in [0.1, 0.15) is 24.8 Å². The summed E-state index contributed by atoms with van der Waals surface area (Å²) in [6.45, 7) is 7.26. The number of hydrogen-bond acceptors (Lipinski definition) is 3. The van der Waals surface area contributed by atoms with Gasteiger partial charge in [0.1, 0.15) is 5.82 Å². The van der Waals surface area contributed by atoms with Crippen molar-refractivity contribution in [1.29, 1.82) is 0 Å². The van der Waals surface area contributed by atoms with Crippen LogP contribution in [0.2, 0.25) is 0 Å². The number of anilines is 1. The summed E-state index contributed by atoms with van der Waals surface area (Å²) in [5.74, 6) is -0.115. The van der Waals surface area contributed by atoms with Crippen LogP contribution in [0.25, 0.3) is 0 Å². The van der Waals surface area contributed by atoms with Crippen molar-refractivity contribution in [2.24, 2.45) is 0 Å². The molecule has 1 aromatic carbocycles. The van der Waals surface area contributed by atoms with Crippen LogP contribution >= 0.6 is 0 Å². The molecule has 0 amide bonds. The van der Waals surface area contributed by atoms with Crippen molar-refractivity contribution in [2.45, 2.75) is 25.8 Å². The Morgan fingerprint density at radius 3 is 2.50 bits per heavy atom. The minimum Gasteiger partial charge on any atom is -0.371 e. The zero-order valence-electron chi connectivity index (χ0n) is 12.1. The number of benzene rings is 1. The van der Waals surface area contributed by atoms with Gasteiger partial charge in [-0.25, -0.2) is 4.39 Å². The smallest absolute Gasteiger partial charge is 0.123 e. The molecule has 0 aromatic heterocycles. The van der Waals surface area contributed by atoms with E-state index in [1.54, 1.807) is 12.1 Å². The number of rotatable bonds is 3. The van der Waals surface area contributed by atoms with E-state index in [-0.39, 0.29) is 5.82 Å². The van der Waals surface area contributed by atoms with Gasteiger partial charge in [-0.1, -0.05) is 0 Å². The summed E-state index contributed by atoms with van der Waals surface area (Å²) in [5.41, 5.74) is 2.39. The standard InChI is InChI=1S/C16H24FN3/c17-15-4-5-16(20-8-2-1-3-9-20)14(12-15)13-19-10-6-18-7-11-19/h4-5,12,18H,1-3,6-11,13H2. The first kappa shape index (κ1) is 13.8. The molecule has 3 rings (SSSR count). The molecule has 20 heavy (non-hydrogen) atoms. The highest BCUT2D eigenvalue weighted by Crippen LogP contribution is 2.26. The van der Waals surface area contributed by atoms with Gasteiger partial charge in [-0.3, -0.25) is 4.90 Å². The van der Waals surface area contributed by atoms with Crippen LogP contribution in [0.3, 0.4) is 0 Å². The van der Waals surface area contributed by atoms with Gasteiger partial charge in [-0.15, -0.1) is 0 Å². The molecule has 4 heteroatoms. The number of piperazine rings is 1. The Kier molecular flexibility index (Phi) is 4.53. The predicted molar refractivity (Wildman–Crippen MR) is 80.6 cm³/mol. The van der Waals surface area contributed by atoms with Crippen LogP contribution in [0.5, 0.6) is 0 Å². The van der Waals surface area contributed by atoms with Crippen LogP contribution in [-0.2, 0) is 6.54 Å². The summed E-state index contributed by atoms with van der Waals surface area (Å²) in [4.78, 5) is 4.85. The maximum Gasteiger partial charge on any atom is 0.123 e. The molecule has 2 aliphatic rings. The minimum absolute atomic E-state index is 0.115. The lowest BCUT2D eigenvalue weighted by Crippen LogP contribution is -2.43. The largest absolute Gasteiger partial charge is 0.371 e. The van der Waals surface area contributed by atoms with Crippen molar-refractivity contribution in [2.75, 3.05) is 44.2 Å². The van der Waals surface area contributed by atoms with Crippen LogP contribution in [0.4, 0.5) is 10.1 Å². The van der Waals surface area contributed by atoms with Gasteiger partial charge in [0.2, 0.25) is 0 Å². The molecular weight excluding hydrogens is 253 g/mol. The van der Waals surface area contributed by atoms with Crippen molar-refractivity contribution < 1.29 is 4.39 Å². The minimum atomic E-state index is -0.115. The van der Waals surface area contributed by atoms with Crippen LogP contribution in [0, 0.1) is 5.82 Å². The zero-order chi connectivity index (χ0) is 13.8. The second kappa shape index (κ2) is 6.55. The van der Waals surface area contributed by atoms with E-state index < -0.39 is 0 Å². The Morgan fingerprint density at radius 2 is 1.75 bits per heavy atom. The molecule has 0 aliphatic carbocycles. The Bertz CT molecular complexity index is 437. The maximum atomic E-state index is 13.6. The Morgan fingerprint density at radius 1 is 1.00 bits per heavy atom. The molecule has 110 valence electrons. The van der Waals surface area contributed by atoms with Gasteiger partial charge in [-0.2, -0.15) is 0 Å². The highest BCUT2D eigenvalue weighted by atomic mass is 19.1. The fraction of sp³-hybridized carbons (Fsp3) is 0.625. The van der Waals surface area contributed by atoms with Gasteiger partial charge >= 0.3 is 0 Å². The zero-order valence-corrected chi connectivity index (χ0v) is 12.1. The summed E-state index contributed by atoms with van der Waals surface area (Å²) in [6.07, 6.45) is 3.83. The van der Waals surface area contributed by atoms with Gasteiger partial charge in [-0.05, 0) is 43.0 Å². The number of hydrogen-bond donors (Lipinski definition) is 1. The number of nitrogens with one attached hydrogen (secondary N) is 1. The van der Waals surface area contributed by atoms with Gasteiger partial charge in [0.25, 0.3) is 0 Å². The summed E-state index contributed by atoms with van der Waals surface area (Å²) in [5, 5.41) is 3.36. The third-order valence-electron chi connectivity index (χ3n) is 4.34. The van der Waals surface area contributed by atoms with E-state index in [0.717, 1.165) is 51.4 Å². The van der Waals surface area contributed by atoms with Gasteiger partial charge in [0, 0.05) is 51.5 Å². The Balaban J connectivity index is 1.77. The third kappa shape index (κ3) is 3.30. The fourth-order valence-electron chi connectivity index (χ4n) is 3.23. The molecule has 3 nitrogen and oxygen atoms in total. The molecular formula is C16H24FN3. The molecule has 2 heterocycles. The molecule has 1 aromatic rings. The molecule has 2 saturated heterocycles. The van der Waals surface area contributed by atoms with E-state index in [2.05, 4.69) is 15.1 Å². The highest BCUT2D eigenvalue weighted by molar-refractivity contribution is 5.54. The first-order valence-electron chi connectivity index (χ1n) is 7.79. The van der Waals surface area contributed by atoms with E-state index in [0.29, 0.717) is 0 Å². The summed E-state index contributed by atoms with van der Waals surface area (Å²) >= 11 is 0. The highest BCUT2D eigenvalue weighted by Gasteiger charge is 2.17. The van der Waals surface area contributed by atoms with Crippen molar-refractivity contribution in [3.63, 3.8) is 0 Å². The van der Waals surface area contributed by atoms with E-state index >= 15 is 0 Å². The van der Waals surface area contributed by atoms with E-state index in [1.807, 2.05) is 6.07 Å². The quantitative estimate of drug-likeness (QED) is 0.914. The van der Waals surface area contributed by atoms with Gasteiger partial charge in [0.15, 0.2) is 0 Å². The third-order valence-corrected chi connectivity index (χ3v) is 4.34. The lowest BCUT2D eigenvalue weighted by Gasteiger charge is -2.33. The number of nitrogens with zero attached hydrogens (tertiary/aromatic N) is 2. The van der Waals surface area contributed by atoms with Gasteiger partial charge in [0.05, 0.1) is 0 Å².